The molecule has 0 saturated heterocycles. The van der Waals surface area contributed by atoms with Crippen LogP contribution in [0.15, 0.2) is 36.5 Å². The van der Waals surface area contributed by atoms with Crippen molar-refractivity contribution in [2.24, 2.45) is 0 Å². The quantitative estimate of drug-likeness (QED) is 0.595. The monoisotopic (exact) mass is 271 g/mol. The third-order valence-corrected chi connectivity index (χ3v) is 2.91. The highest BCUT2D eigenvalue weighted by molar-refractivity contribution is 5.96. The Bertz CT molecular complexity index is 658. The molecule has 0 spiro atoms. The Morgan fingerprint density at radius 3 is 2.70 bits per heavy atom. The van der Waals surface area contributed by atoms with Crippen LogP contribution in [0.2, 0.25) is 0 Å². The molecule has 0 aliphatic heterocycles. The van der Waals surface area contributed by atoms with Gasteiger partial charge in [-0.15, -0.1) is 0 Å². The van der Waals surface area contributed by atoms with Gasteiger partial charge >= 0.3 is 0 Å². The van der Waals surface area contributed by atoms with Crippen LogP contribution in [0.25, 0.3) is 0 Å². The summed E-state index contributed by atoms with van der Waals surface area (Å²) in [4.78, 5) is 33.8. The zero-order chi connectivity index (χ0) is 14.5. The molecule has 1 heterocycles. The highest BCUT2D eigenvalue weighted by atomic mass is 16.5. The van der Waals surface area contributed by atoms with Crippen LogP contribution in [0, 0.1) is 0 Å². The summed E-state index contributed by atoms with van der Waals surface area (Å²) in [5.74, 6) is 0.424. The Balaban J connectivity index is 2.24. The fourth-order valence-corrected chi connectivity index (χ4v) is 1.89. The second-order valence-electron chi connectivity index (χ2n) is 4.22. The molecule has 0 fully saturated rings. The number of carbonyl (C=O) groups excluding carboxylic acids is 3. The Hall–Kier alpha value is -2.69. The van der Waals surface area contributed by atoms with E-state index in [0.717, 1.165) is 0 Å². The number of aldehydes is 2. The Kier molecular flexibility index (Phi) is 4.10. The van der Waals surface area contributed by atoms with Gasteiger partial charge in [-0.2, -0.15) is 0 Å². The molecule has 1 aromatic carbocycles. The summed E-state index contributed by atoms with van der Waals surface area (Å²) in [6.45, 7) is -0.00488. The van der Waals surface area contributed by atoms with Crippen LogP contribution >= 0.6 is 0 Å². The number of carbonyl (C=O) groups is 3. The molecule has 0 atom stereocenters. The molecule has 0 aliphatic rings. The first-order valence-electron chi connectivity index (χ1n) is 5.95. The number of aromatic nitrogens is 1. The van der Waals surface area contributed by atoms with Crippen LogP contribution in [0.5, 0.6) is 5.75 Å². The molecule has 0 radical (unpaired) electrons. The Morgan fingerprint density at radius 1 is 1.25 bits per heavy atom. The minimum absolute atomic E-state index is 0.00488. The average Bonchev–Trinajstić information content (AvgIpc) is 2.89. The zero-order valence-corrected chi connectivity index (χ0v) is 10.9. The normalized spacial score (nSPS) is 10.1. The molecule has 20 heavy (non-hydrogen) atoms. The van der Waals surface area contributed by atoms with Gasteiger partial charge < -0.3 is 9.30 Å². The van der Waals surface area contributed by atoms with E-state index in [9.17, 15) is 14.4 Å². The van der Waals surface area contributed by atoms with E-state index in [1.807, 2.05) is 0 Å². The number of ketones is 1. The van der Waals surface area contributed by atoms with Gasteiger partial charge in [0.05, 0.1) is 19.3 Å². The fourth-order valence-electron chi connectivity index (χ4n) is 1.89. The van der Waals surface area contributed by atoms with Crippen molar-refractivity contribution in [3.05, 3.63) is 53.3 Å². The lowest BCUT2D eigenvalue weighted by Gasteiger charge is -2.06. The number of methoxy groups -OCH3 is 1. The molecule has 0 aliphatic carbocycles. The molecule has 102 valence electrons. The van der Waals surface area contributed by atoms with Crippen molar-refractivity contribution in [2.75, 3.05) is 7.11 Å². The maximum Gasteiger partial charge on any atom is 0.182 e. The SMILES string of the molecule is COc1cccc(C(=O)Cn2cc(C=O)cc2C=O)c1. The van der Waals surface area contributed by atoms with E-state index in [4.69, 9.17) is 4.74 Å². The fraction of sp³-hybridized carbons (Fsp3) is 0.133. The Morgan fingerprint density at radius 2 is 2.05 bits per heavy atom. The molecule has 5 nitrogen and oxygen atoms in total. The van der Waals surface area contributed by atoms with Gasteiger partial charge in [0, 0.05) is 17.3 Å². The van der Waals surface area contributed by atoms with Crippen molar-refractivity contribution in [3.8, 4) is 5.75 Å². The van der Waals surface area contributed by atoms with Crippen molar-refractivity contribution in [1.82, 2.24) is 4.57 Å². The van der Waals surface area contributed by atoms with Crippen molar-refractivity contribution in [1.29, 1.82) is 0 Å². The topological polar surface area (TPSA) is 65.4 Å². The number of benzene rings is 1. The van der Waals surface area contributed by atoms with Crippen LogP contribution in [-0.2, 0) is 6.54 Å². The van der Waals surface area contributed by atoms with Crippen molar-refractivity contribution < 1.29 is 19.1 Å². The highest BCUT2D eigenvalue weighted by Gasteiger charge is 2.11. The lowest BCUT2D eigenvalue weighted by Crippen LogP contribution is -2.11. The maximum absolute atomic E-state index is 12.2. The lowest BCUT2D eigenvalue weighted by molar-refractivity contribution is 0.0969. The molecule has 0 amide bonds. The van der Waals surface area contributed by atoms with E-state index in [-0.39, 0.29) is 12.3 Å². The summed E-state index contributed by atoms with van der Waals surface area (Å²) in [6, 6.07) is 8.22. The smallest absolute Gasteiger partial charge is 0.182 e. The third-order valence-electron chi connectivity index (χ3n) is 2.91. The second kappa shape index (κ2) is 5.97. The predicted octanol–water partition coefficient (Wildman–Crippen LogP) is 2.00. The van der Waals surface area contributed by atoms with Crippen LogP contribution in [0.3, 0.4) is 0 Å². The first-order chi connectivity index (χ1) is 9.67. The molecule has 0 unspecified atom stereocenters. The number of rotatable bonds is 6. The molecular formula is C15H13NO4. The summed E-state index contributed by atoms with van der Waals surface area (Å²) in [6.07, 6.45) is 2.74. The number of hydrogen-bond acceptors (Lipinski definition) is 4. The van der Waals surface area contributed by atoms with Gasteiger partial charge in [0.2, 0.25) is 0 Å². The molecule has 2 aromatic rings. The van der Waals surface area contributed by atoms with Gasteiger partial charge in [-0.05, 0) is 18.2 Å². The van der Waals surface area contributed by atoms with Gasteiger partial charge in [0.15, 0.2) is 18.4 Å². The first kappa shape index (κ1) is 13.7. The van der Waals surface area contributed by atoms with Crippen molar-refractivity contribution in [3.63, 3.8) is 0 Å². The van der Waals surface area contributed by atoms with E-state index in [1.54, 1.807) is 24.3 Å². The van der Waals surface area contributed by atoms with Gasteiger partial charge in [-0.1, -0.05) is 12.1 Å². The summed E-state index contributed by atoms with van der Waals surface area (Å²) in [5, 5.41) is 0. The second-order valence-corrected chi connectivity index (χ2v) is 4.22. The molecule has 0 bridgehead atoms. The average molecular weight is 271 g/mol. The number of ether oxygens (including phenoxy) is 1. The number of Topliss-reactive ketones (excluding diaryl/α,β-unsaturated/α-hetero) is 1. The van der Waals surface area contributed by atoms with E-state index >= 15 is 0 Å². The van der Waals surface area contributed by atoms with Gasteiger partial charge in [0.25, 0.3) is 0 Å². The predicted molar refractivity (Wildman–Crippen MR) is 72.5 cm³/mol. The third kappa shape index (κ3) is 2.83. The van der Waals surface area contributed by atoms with Crippen molar-refractivity contribution >= 4 is 18.4 Å². The number of hydrogen-bond donors (Lipinski definition) is 0. The van der Waals surface area contributed by atoms with E-state index in [2.05, 4.69) is 0 Å². The molecule has 0 N–H and O–H groups in total. The molecule has 2 rings (SSSR count). The summed E-state index contributed by atoms with van der Waals surface area (Å²) in [7, 11) is 1.52. The summed E-state index contributed by atoms with van der Waals surface area (Å²) in [5.41, 5.74) is 1.15. The summed E-state index contributed by atoms with van der Waals surface area (Å²) >= 11 is 0. The molecule has 5 heteroatoms. The van der Waals surface area contributed by atoms with Gasteiger partial charge in [0.1, 0.15) is 5.75 Å². The van der Waals surface area contributed by atoms with Crippen LogP contribution in [0.4, 0.5) is 0 Å². The van der Waals surface area contributed by atoms with Gasteiger partial charge in [-0.3, -0.25) is 14.4 Å². The minimum atomic E-state index is -0.167. The van der Waals surface area contributed by atoms with E-state index in [1.165, 1.54) is 23.9 Å². The molecule has 1 aromatic heterocycles. The van der Waals surface area contributed by atoms with E-state index < -0.39 is 0 Å². The maximum atomic E-state index is 12.2. The van der Waals surface area contributed by atoms with Crippen molar-refractivity contribution in [2.45, 2.75) is 6.54 Å². The van der Waals surface area contributed by atoms with Crippen LogP contribution in [0.1, 0.15) is 31.2 Å². The van der Waals surface area contributed by atoms with Crippen LogP contribution in [-0.4, -0.2) is 30.0 Å². The van der Waals surface area contributed by atoms with E-state index in [0.29, 0.717) is 35.1 Å². The largest absolute Gasteiger partial charge is 0.497 e. The highest BCUT2D eigenvalue weighted by Crippen LogP contribution is 2.14. The number of nitrogens with zero attached hydrogens (tertiary/aromatic N) is 1. The van der Waals surface area contributed by atoms with Gasteiger partial charge in [-0.25, -0.2) is 0 Å². The van der Waals surface area contributed by atoms with Crippen LogP contribution < -0.4 is 4.74 Å². The standard InChI is InChI=1S/C15H13NO4/c1-20-14-4-2-3-12(6-14)15(19)8-16-7-11(9-17)5-13(16)10-18/h2-7,9-10H,8H2,1H3. The first-order valence-corrected chi connectivity index (χ1v) is 5.95. The lowest BCUT2D eigenvalue weighted by atomic mass is 10.1. The summed E-state index contributed by atoms with van der Waals surface area (Å²) < 4.78 is 6.52. The molecular weight excluding hydrogens is 258 g/mol. The Labute approximate surface area is 115 Å². The minimum Gasteiger partial charge on any atom is -0.497 e. The zero-order valence-electron chi connectivity index (χ0n) is 10.9. The molecule has 0 saturated carbocycles.